The van der Waals surface area contributed by atoms with Crippen molar-refractivity contribution in [1.29, 1.82) is 0 Å². The lowest BCUT2D eigenvalue weighted by Gasteiger charge is -2.35. The summed E-state index contributed by atoms with van der Waals surface area (Å²) in [4.78, 5) is 25.2. The maximum absolute atomic E-state index is 15.1. The zero-order valence-electron chi connectivity index (χ0n) is 19.3. The standard InChI is InChI=1S/C23H26ClFN6O3.ClH/c1-33-17-11-15-20(19(25)21(17)34-2)28-23(29-22(15)27)31-9-7-30(8-10-31)18(32)12-16(26)13-3-5-14(24)6-4-13;/h3-6,11,16H,7-10,12,26H2,1-2H3,(H2,27,28,29);1H/t16-;/m1./s1. The Balaban J connectivity index is 0.00000342. The highest BCUT2D eigenvalue weighted by Crippen LogP contribution is 2.37. The number of rotatable bonds is 6. The van der Waals surface area contributed by atoms with E-state index in [-0.39, 0.29) is 47.6 Å². The van der Waals surface area contributed by atoms with Crippen molar-refractivity contribution >= 4 is 52.6 Å². The fraction of sp³-hybridized carbons (Fsp3) is 0.348. The molecule has 1 amide bonds. The number of nitrogens with two attached hydrogens (primary N) is 2. The molecule has 3 aromatic rings. The molecule has 9 nitrogen and oxygen atoms in total. The number of methoxy groups -OCH3 is 2. The molecule has 1 fully saturated rings. The number of carbonyl (C=O) groups is 1. The lowest BCUT2D eigenvalue weighted by atomic mass is 10.0. The maximum atomic E-state index is 15.1. The van der Waals surface area contributed by atoms with Crippen LogP contribution in [-0.2, 0) is 4.79 Å². The van der Waals surface area contributed by atoms with Crippen molar-refractivity contribution in [3.8, 4) is 11.5 Å². The van der Waals surface area contributed by atoms with Gasteiger partial charge in [0.05, 0.1) is 14.2 Å². The van der Waals surface area contributed by atoms with E-state index in [0.29, 0.717) is 42.5 Å². The Bertz CT molecular complexity index is 1210. The molecule has 0 unspecified atom stereocenters. The fourth-order valence-corrected chi connectivity index (χ4v) is 4.11. The van der Waals surface area contributed by atoms with Gasteiger partial charge < -0.3 is 30.7 Å². The molecule has 0 spiro atoms. The van der Waals surface area contributed by atoms with Crippen LogP contribution in [0.4, 0.5) is 16.2 Å². The van der Waals surface area contributed by atoms with Crippen molar-refractivity contribution in [3.05, 3.63) is 46.7 Å². The third-order valence-corrected chi connectivity index (χ3v) is 6.15. The monoisotopic (exact) mass is 524 g/mol. The molecule has 188 valence electrons. The predicted octanol–water partition coefficient (Wildman–Crippen LogP) is 3.18. The van der Waals surface area contributed by atoms with Gasteiger partial charge in [0.1, 0.15) is 11.3 Å². The van der Waals surface area contributed by atoms with Gasteiger partial charge in [0.25, 0.3) is 0 Å². The number of nitrogens with zero attached hydrogens (tertiary/aromatic N) is 4. The minimum atomic E-state index is -0.669. The van der Waals surface area contributed by atoms with Crippen molar-refractivity contribution in [2.24, 2.45) is 5.73 Å². The number of halogens is 3. The molecule has 1 aliphatic heterocycles. The van der Waals surface area contributed by atoms with E-state index in [1.807, 2.05) is 17.0 Å². The van der Waals surface area contributed by atoms with E-state index in [4.69, 9.17) is 32.5 Å². The number of aromatic nitrogens is 2. The lowest BCUT2D eigenvalue weighted by molar-refractivity contribution is -0.131. The smallest absolute Gasteiger partial charge is 0.228 e. The molecule has 1 aromatic heterocycles. The first-order valence-electron chi connectivity index (χ1n) is 10.7. The quantitative estimate of drug-likeness (QED) is 0.504. The maximum Gasteiger partial charge on any atom is 0.228 e. The highest BCUT2D eigenvalue weighted by atomic mass is 35.5. The number of piperazine rings is 1. The van der Waals surface area contributed by atoms with Crippen LogP contribution >= 0.6 is 24.0 Å². The lowest BCUT2D eigenvalue weighted by Crippen LogP contribution is -2.49. The zero-order chi connectivity index (χ0) is 24.4. The molecule has 2 heterocycles. The Labute approximate surface area is 213 Å². The van der Waals surface area contributed by atoms with Crippen LogP contribution in [-0.4, -0.2) is 61.2 Å². The molecule has 1 saturated heterocycles. The predicted molar refractivity (Wildman–Crippen MR) is 136 cm³/mol. The third kappa shape index (κ3) is 5.44. The van der Waals surface area contributed by atoms with E-state index in [2.05, 4.69) is 9.97 Å². The second kappa shape index (κ2) is 11.1. The molecule has 1 atom stereocenters. The van der Waals surface area contributed by atoms with E-state index in [9.17, 15) is 4.79 Å². The van der Waals surface area contributed by atoms with Crippen molar-refractivity contribution in [2.45, 2.75) is 12.5 Å². The summed E-state index contributed by atoms with van der Waals surface area (Å²) in [6.45, 7) is 1.87. The van der Waals surface area contributed by atoms with E-state index in [1.165, 1.54) is 14.2 Å². The van der Waals surface area contributed by atoms with Gasteiger partial charge in [-0.3, -0.25) is 4.79 Å². The van der Waals surface area contributed by atoms with Crippen LogP contribution in [0, 0.1) is 5.82 Å². The largest absolute Gasteiger partial charge is 0.493 e. The molecule has 0 radical (unpaired) electrons. The van der Waals surface area contributed by atoms with Crippen LogP contribution in [0.1, 0.15) is 18.0 Å². The van der Waals surface area contributed by atoms with Crippen LogP contribution in [0.3, 0.4) is 0 Å². The minimum Gasteiger partial charge on any atom is -0.493 e. The Kier molecular flexibility index (Phi) is 8.42. The summed E-state index contributed by atoms with van der Waals surface area (Å²) >= 11 is 5.92. The van der Waals surface area contributed by atoms with Crippen molar-refractivity contribution in [1.82, 2.24) is 14.9 Å². The number of fused-ring (bicyclic) bond motifs is 1. The van der Waals surface area contributed by atoms with Gasteiger partial charge in [-0.2, -0.15) is 4.98 Å². The minimum absolute atomic E-state index is 0. The molecular weight excluding hydrogens is 498 g/mol. The topological polar surface area (TPSA) is 120 Å². The molecule has 0 aliphatic carbocycles. The first-order chi connectivity index (χ1) is 16.3. The van der Waals surface area contributed by atoms with Crippen LogP contribution in [0.2, 0.25) is 5.02 Å². The molecule has 12 heteroatoms. The summed E-state index contributed by atoms with van der Waals surface area (Å²) in [6, 6.07) is 8.29. The Hall–Kier alpha value is -3.08. The summed E-state index contributed by atoms with van der Waals surface area (Å²) in [5.41, 5.74) is 13.2. The molecule has 0 saturated carbocycles. The van der Waals surface area contributed by atoms with Crippen molar-refractivity contribution in [3.63, 3.8) is 0 Å². The number of benzene rings is 2. The molecular formula is C23H27Cl2FN6O3. The molecule has 0 bridgehead atoms. The number of hydrogen-bond donors (Lipinski definition) is 2. The SMILES string of the molecule is COc1cc2c(N)nc(N3CCN(C(=O)C[C@@H](N)c4ccc(Cl)cc4)CC3)nc2c(F)c1OC.Cl. The molecule has 2 aromatic carbocycles. The van der Waals surface area contributed by atoms with E-state index < -0.39 is 11.9 Å². The summed E-state index contributed by atoms with van der Waals surface area (Å²) < 4.78 is 25.4. The average molecular weight is 525 g/mol. The first kappa shape index (κ1) is 26.5. The third-order valence-electron chi connectivity index (χ3n) is 5.90. The first-order valence-corrected chi connectivity index (χ1v) is 11.1. The Morgan fingerprint density at radius 2 is 1.80 bits per heavy atom. The summed E-state index contributed by atoms with van der Waals surface area (Å²) in [7, 11) is 2.77. The van der Waals surface area contributed by atoms with Gasteiger partial charge in [0.2, 0.25) is 11.9 Å². The van der Waals surface area contributed by atoms with Crippen LogP contribution in [0.25, 0.3) is 10.9 Å². The molecule has 4 rings (SSSR count). The average Bonchev–Trinajstić information content (AvgIpc) is 2.84. The van der Waals surface area contributed by atoms with E-state index in [1.54, 1.807) is 23.1 Å². The second-order valence-electron chi connectivity index (χ2n) is 7.96. The molecule has 35 heavy (non-hydrogen) atoms. The van der Waals surface area contributed by atoms with Crippen LogP contribution in [0.15, 0.2) is 30.3 Å². The van der Waals surface area contributed by atoms with Gasteiger partial charge in [0, 0.05) is 49.1 Å². The normalized spacial score (nSPS) is 14.4. The number of ether oxygens (including phenoxy) is 2. The molecule has 4 N–H and O–H groups in total. The van der Waals surface area contributed by atoms with Gasteiger partial charge in [-0.25, -0.2) is 9.37 Å². The number of carbonyl (C=O) groups excluding carboxylic acids is 1. The second-order valence-corrected chi connectivity index (χ2v) is 8.40. The zero-order valence-corrected chi connectivity index (χ0v) is 20.9. The Morgan fingerprint density at radius 1 is 1.14 bits per heavy atom. The number of anilines is 2. The van der Waals surface area contributed by atoms with Gasteiger partial charge in [-0.1, -0.05) is 23.7 Å². The summed E-state index contributed by atoms with van der Waals surface area (Å²) in [5, 5.41) is 0.955. The van der Waals surface area contributed by atoms with E-state index in [0.717, 1.165) is 5.56 Å². The van der Waals surface area contributed by atoms with Gasteiger partial charge >= 0.3 is 0 Å². The van der Waals surface area contributed by atoms with Crippen molar-refractivity contribution < 1.29 is 18.7 Å². The Morgan fingerprint density at radius 3 is 2.40 bits per heavy atom. The van der Waals surface area contributed by atoms with Crippen LogP contribution < -0.4 is 25.8 Å². The summed E-state index contributed by atoms with van der Waals surface area (Å²) in [5.74, 6) is -0.125. The molecule has 1 aliphatic rings. The fourth-order valence-electron chi connectivity index (χ4n) is 3.98. The van der Waals surface area contributed by atoms with Crippen LogP contribution in [0.5, 0.6) is 11.5 Å². The van der Waals surface area contributed by atoms with Gasteiger partial charge in [-0.15, -0.1) is 12.4 Å². The number of amides is 1. The highest BCUT2D eigenvalue weighted by Gasteiger charge is 2.26. The highest BCUT2D eigenvalue weighted by molar-refractivity contribution is 6.30. The van der Waals surface area contributed by atoms with Gasteiger partial charge in [-0.05, 0) is 23.8 Å². The van der Waals surface area contributed by atoms with Gasteiger partial charge in [0.15, 0.2) is 17.3 Å². The van der Waals surface area contributed by atoms with E-state index >= 15 is 4.39 Å². The number of nitrogen functional groups attached to an aromatic ring is 1. The summed E-state index contributed by atoms with van der Waals surface area (Å²) in [6.07, 6.45) is 0.188. The number of hydrogen-bond acceptors (Lipinski definition) is 8. The van der Waals surface area contributed by atoms with Crippen molar-refractivity contribution in [2.75, 3.05) is 51.0 Å².